The van der Waals surface area contributed by atoms with Gasteiger partial charge in [0, 0.05) is 0 Å². The molecule has 1 N–H and O–H groups in total. The second-order valence-corrected chi connectivity index (χ2v) is 3.04. The molecule has 0 spiro atoms. The highest BCUT2D eigenvalue weighted by Gasteiger charge is 2.17. The van der Waals surface area contributed by atoms with Crippen LogP contribution in [0.2, 0.25) is 0 Å². The molecule has 17 heavy (non-hydrogen) atoms. The Morgan fingerprint density at radius 1 is 1.76 bits per heavy atom. The number of imidazole rings is 1. The molecular weight excluding hydrogens is 230 g/mol. The number of esters is 1. The lowest BCUT2D eigenvalue weighted by Crippen LogP contribution is -2.07. The number of carbonyl (C=O) groups is 1. The minimum Gasteiger partial charge on any atom is -0.502 e. The number of aromatic nitrogens is 2. The van der Waals surface area contributed by atoms with Crippen molar-refractivity contribution in [3.63, 3.8) is 0 Å². The third-order valence-electron chi connectivity index (χ3n) is 1.94. The quantitative estimate of drug-likeness (QED) is 0.274. The lowest BCUT2D eigenvalue weighted by molar-refractivity contribution is -0.391. The molecule has 1 aromatic rings. The highest BCUT2D eigenvalue weighted by molar-refractivity contribution is 5.90. The van der Waals surface area contributed by atoms with Gasteiger partial charge in [0.15, 0.2) is 0 Å². The van der Waals surface area contributed by atoms with Gasteiger partial charge in [0.1, 0.15) is 6.20 Å². The highest BCUT2D eigenvalue weighted by atomic mass is 16.6. The normalized spacial score (nSPS) is 11.3. The van der Waals surface area contributed by atoms with Crippen molar-refractivity contribution < 1.29 is 19.6 Å². The second kappa shape index (κ2) is 5.10. The minimum atomic E-state index is -0.904. The van der Waals surface area contributed by atoms with E-state index in [0.717, 1.165) is 16.8 Å². The molecular formula is C9H11N3O5. The van der Waals surface area contributed by atoms with Gasteiger partial charge in [0.05, 0.1) is 19.7 Å². The van der Waals surface area contributed by atoms with Crippen molar-refractivity contribution in [2.75, 3.05) is 6.61 Å². The van der Waals surface area contributed by atoms with Crippen LogP contribution in [0.1, 0.15) is 12.7 Å². The fourth-order valence-corrected chi connectivity index (χ4v) is 1.10. The number of carbonyl (C=O) groups excluding carboxylic acids is 1. The average Bonchev–Trinajstić information content (AvgIpc) is 2.61. The molecule has 92 valence electrons. The van der Waals surface area contributed by atoms with Gasteiger partial charge in [-0.2, -0.15) is 0 Å². The molecule has 0 amide bonds. The first-order valence-corrected chi connectivity index (χ1v) is 4.71. The van der Waals surface area contributed by atoms with E-state index >= 15 is 0 Å². The molecule has 0 atom stereocenters. The Hall–Kier alpha value is -2.38. The van der Waals surface area contributed by atoms with Gasteiger partial charge >= 0.3 is 11.8 Å². The van der Waals surface area contributed by atoms with E-state index in [1.54, 1.807) is 6.92 Å². The molecule has 0 bridgehead atoms. The molecule has 0 aromatic carbocycles. The summed E-state index contributed by atoms with van der Waals surface area (Å²) in [6, 6.07) is 0. The van der Waals surface area contributed by atoms with Crippen LogP contribution in [0.4, 0.5) is 5.82 Å². The van der Waals surface area contributed by atoms with Crippen LogP contribution in [0.25, 0.3) is 6.08 Å². The first-order valence-electron chi connectivity index (χ1n) is 4.71. The molecule has 0 fully saturated rings. The van der Waals surface area contributed by atoms with Gasteiger partial charge in [-0.25, -0.2) is 14.3 Å². The number of ether oxygens (including phenoxy) is 1. The molecule has 0 saturated heterocycles. The van der Waals surface area contributed by atoms with E-state index < -0.39 is 16.7 Å². The van der Waals surface area contributed by atoms with Gasteiger partial charge in [0.2, 0.25) is 11.6 Å². The number of aliphatic hydroxyl groups excluding tert-OH is 1. The lowest BCUT2D eigenvalue weighted by atomic mass is 10.4. The molecule has 8 nitrogen and oxygen atoms in total. The maximum absolute atomic E-state index is 11.1. The van der Waals surface area contributed by atoms with E-state index in [1.807, 2.05) is 0 Å². The Morgan fingerprint density at radius 2 is 2.41 bits per heavy atom. The van der Waals surface area contributed by atoms with Crippen molar-refractivity contribution in [2.45, 2.75) is 6.92 Å². The third kappa shape index (κ3) is 2.80. The Bertz CT molecular complexity index is 477. The Balaban J connectivity index is 2.99. The van der Waals surface area contributed by atoms with Gasteiger partial charge in [-0.3, -0.25) is 0 Å². The SMILES string of the molecule is CCOC(=O)/C(O)=C/c1ncc([N+](=O)[O-])n1C. The van der Waals surface area contributed by atoms with Crippen molar-refractivity contribution in [2.24, 2.45) is 7.05 Å². The summed E-state index contributed by atoms with van der Waals surface area (Å²) >= 11 is 0. The smallest absolute Gasteiger partial charge is 0.373 e. The predicted molar refractivity (Wildman–Crippen MR) is 57.1 cm³/mol. The van der Waals surface area contributed by atoms with E-state index in [0.29, 0.717) is 0 Å². The van der Waals surface area contributed by atoms with E-state index in [4.69, 9.17) is 0 Å². The summed E-state index contributed by atoms with van der Waals surface area (Å²) in [4.78, 5) is 24.7. The molecule has 0 unspecified atom stereocenters. The molecule has 0 aliphatic heterocycles. The van der Waals surface area contributed by atoms with Crippen molar-refractivity contribution in [1.29, 1.82) is 0 Å². The standard InChI is InChI=1S/C9H11N3O5/c1-3-17-9(14)6(13)4-7-10-5-8(11(7)2)12(15)16/h4-5,13H,3H2,1-2H3/b6-4-. The summed E-state index contributed by atoms with van der Waals surface area (Å²) in [7, 11) is 1.40. The first kappa shape index (κ1) is 12.7. The first-order chi connectivity index (χ1) is 7.97. The topological polar surface area (TPSA) is 107 Å². The highest BCUT2D eigenvalue weighted by Crippen LogP contribution is 2.13. The fraction of sp³-hybridized carbons (Fsp3) is 0.333. The maximum atomic E-state index is 11.1. The number of aliphatic hydroxyl groups is 1. The summed E-state index contributed by atoms with van der Waals surface area (Å²) in [6.45, 7) is 1.72. The van der Waals surface area contributed by atoms with Gasteiger partial charge in [-0.15, -0.1) is 0 Å². The van der Waals surface area contributed by atoms with Crippen LogP contribution in [0.5, 0.6) is 0 Å². The molecule has 0 aliphatic carbocycles. The van der Waals surface area contributed by atoms with E-state index in [9.17, 15) is 20.0 Å². The van der Waals surface area contributed by atoms with Crippen molar-refractivity contribution in [3.05, 3.63) is 27.9 Å². The van der Waals surface area contributed by atoms with Crippen LogP contribution in [-0.2, 0) is 16.6 Å². The van der Waals surface area contributed by atoms with Gasteiger partial charge in [-0.1, -0.05) is 0 Å². The van der Waals surface area contributed by atoms with Crippen LogP contribution in [0, 0.1) is 10.1 Å². The van der Waals surface area contributed by atoms with Crippen LogP contribution in [-0.4, -0.2) is 32.2 Å². The number of rotatable bonds is 4. The molecule has 1 rings (SSSR count). The number of nitrogens with zero attached hydrogens (tertiary/aromatic N) is 3. The molecule has 1 aromatic heterocycles. The number of hydrogen-bond donors (Lipinski definition) is 1. The van der Waals surface area contributed by atoms with Gasteiger partial charge in [-0.05, 0) is 11.8 Å². The number of nitro groups is 1. The summed E-state index contributed by atoms with van der Waals surface area (Å²) in [5.74, 6) is -1.72. The van der Waals surface area contributed by atoms with E-state index in [2.05, 4.69) is 9.72 Å². The largest absolute Gasteiger partial charge is 0.502 e. The summed E-state index contributed by atoms with van der Waals surface area (Å²) in [6.07, 6.45) is 2.04. The maximum Gasteiger partial charge on any atom is 0.373 e. The van der Waals surface area contributed by atoms with Crippen LogP contribution >= 0.6 is 0 Å². The minimum absolute atomic E-state index is 0.0854. The average molecular weight is 241 g/mol. The van der Waals surface area contributed by atoms with Gasteiger partial charge in [0.25, 0.3) is 0 Å². The molecule has 8 heteroatoms. The summed E-state index contributed by atoms with van der Waals surface area (Å²) < 4.78 is 5.68. The zero-order valence-electron chi connectivity index (χ0n) is 9.28. The van der Waals surface area contributed by atoms with E-state index in [1.165, 1.54) is 7.05 Å². The number of hydrogen-bond acceptors (Lipinski definition) is 6. The Labute approximate surface area is 96.3 Å². The lowest BCUT2D eigenvalue weighted by Gasteiger charge is -1.99. The zero-order valence-corrected chi connectivity index (χ0v) is 9.28. The van der Waals surface area contributed by atoms with Crippen molar-refractivity contribution in [3.8, 4) is 0 Å². The predicted octanol–water partition coefficient (Wildman–Crippen LogP) is 0.790. The third-order valence-corrected chi connectivity index (χ3v) is 1.94. The van der Waals surface area contributed by atoms with Crippen LogP contribution in [0.3, 0.4) is 0 Å². The molecule has 0 saturated carbocycles. The monoisotopic (exact) mass is 241 g/mol. The summed E-state index contributed by atoms with van der Waals surface area (Å²) in [5.41, 5.74) is 0. The Kier molecular flexibility index (Phi) is 3.81. The molecule has 1 heterocycles. The molecule has 0 radical (unpaired) electrons. The van der Waals surface area contributed by atoms with Crippen molar-refractivity contribution >= 4 is 17.9 Å². The second-order valence-electron chi connectivity index (χ2n) is 3.04. The van der Waals surface area contributed by atoms with Gasteiger partial charge < -0.3 is 20.0 Å². The zero-order chi connectivity index (χ0) is 13.0. The van der Waals surface area contributed by atoms with Crippen LogP contribution in [0.15, 0.2) is 12.0 Å². The fourth-order valence-electron chi connectivity index (χ4n) is 1.10. The van der Waals surface area contributed by atoms with Crippen molar-refractivity contribution in [1.82, 2.24) is 9.55 Å². The van der Waals surface area contributed by atoms with Crippen LogP contribution < -0.4 is 0 Å². The van der Waals surface area contributed by atoms with E-state index in [-0.39, 0.29) is 18.2 Å². The Morgan fingerprint density at radius 3 is 2.88 bits per heavy atom. The summed E-state index contributed by atoms with van der Waals surface area (Å²) in [5, 5.41) is 19.9. The molecule has 0 aliphatic rings.